The Morgan fingerprint density at radius 2 is 1.41 bits per heavy atom. The first-order valence-corrected chi connectivity index (χ1v) is 18.6. The molecule has 0 unspecified atom stereocenters. The average Bonchev–Trinajstić information content (AvgIpc) is 3.45. The van der Waals surface area contributed by atoms with Crippen LogP contribution in [0.4, 0.5) is 5.69 Å². The van der Waals surface area contributed by atoms with Gasteiger partial charge in [-0.05, 0) is 63.1 Å². The van der Waals surface area contributed by atoms with E-state index in [9.17, 15) is 0 Å². The van der Waals surface area contributed by atoms with E-state index in [2.05, 4.69) is 115 Å². The summed E-state index contributed by atoms with van der Waals surface area (Å²) < 4.78 is 3.76. The van der Waals surface area contributed by atoms with Gasteiger partial charge >= 0.3 is 0 Å². The first kappa shape index (κ1) is 28.8. The summed E-state index contributed by atoms with van der Waals surface area (Å²) in [5, 5.41) is 2.57. The minimum absolute atomic E-state index is 0.966. The highest BCUT2D eigenvalue weighted by molar-refractivity contribution is 8.04. The lowest BCUT2D eigenvalue weighted by molar-refractivity contribution is -0.665. The number of hydrogen-bond acceptors (Lipinski definition) is 7. The molecule has 2 heterocycles. The van der Waals surface area contributed by atoms with E-state index in [0.717, 1.165) is 13.1 Å². The van der Waals surface area contributed by atoms with Crippen LogP contribution in [-0.2, 0) is 6.54 Å². The van der Waals surface area contributed by atoms with Crippen LogP contribution in [0.25, 0.3) is 16.3 Å². The summed E-state index contributed by atoms with van der Waals surface area (Å²) in [4.78, 5) is 9.19. The Bertz CT molecular complexity index is 1380. The Kier molecular flexibility index (Phi) is 10.7. The van der Waals surface area contributed by atoms with Crippen molar-refractivity contribution < 1.29 is 4.57 Å². The van der Waals surface area contributed by atoms with E-state index in [1.807, 2.05) is 70.1 Å². The molecule has 2 aromatic carbocycles. The SMILES string of the molecule is CCN1/C(=C/C=C/C=C/C=C/c2sc3cc(SC)c(SC)cc3[n+]2CC)Sc2cc(SC)c(SC)cc21. The number of thiazole rings is 1. The Morgan fingerprint density at radius 3 is 2.08 bits per heavy atom. The number of aryl methyl sites for hydroxylation is 1. The Balaban J connectivity index is 1.46. The summed E-state index contributed by atoms with van der Waals surface area (Å²) in [6.45, 7) is 6.38. The van der Waals surface area contributed by atoms with Crippen LogP contribution >= 0.6 is 70.1 Å². The zero-order valence-corrected chi connectivity index (χ0v) is 27.0. The van der Waals surface area contributed by atoms with Gasteiger partial charge in [-0.15, -0.1) is 47.0 Å². The summed E-state index contributed by atoms with van der Waals surface area (Å²) in [6.07, 6.45) is 23.7. The molecular formula is C29H33N2S6+. The molecule has 0 saturated heterocycles. The van der Waals surface area contributed by atoms with Crippen LogP contribution in [-0.4, -0.2) is 31.6 Å². The lowest BCUT2D eigenvalue weighted by Gasteiger charge is -2.18. The molecular weight excluding hydrogens is 569 g/mol. The molecule has 0 aliphatic carbocycles. The summed E-state index contributed by atoms with van der Waals surface area (Å²) >= 11 is 11.0. The van der Waals surface area contributed by atoms with Gasteiger partial charge in [0.05, 0.1) is 10.7 Å². The van der Waals surface area contributed by atoms with Gasteiger partial charge in [0.15, 0.2) is 0 Å². The van der Waals surface area contributed by atoms with E-state index in [1.54, 1.807) is 0 Å². The minimum atomic E-state index is 0.966. The van der Waals surface area contributed by atoms with Crippen LogP contribution in [0.5, 0.6) is 0 Å². The van der Waals surface area contributed by atoms with Crippen molar-refractivity contribution in [2.24, 2.45) is 0 Å². The highest BCUT2D eigenvalue weighted by Gasteiger charge is 2.25. The van der Waals surface area contributed by atoms with Gasteiger partial charge < -0.3 is 4.90 Å². The fraction of sp³-hybridized carbons (Fsp3) is 0.276. The Morgan fingerprint density at radius 1 is 0.784 bits per heavy atom. The standard InChI is InChI=1S/C29H33N2S6/c1-7-30-20-16-24(32-3)26(34-5)18-22(20)36-28(30)14-12-10-9-11-13-15-29-31(8-2)21-17-25(33-4)27(35-6)19-23(21)37-29/h9-19H,7-8H2,1-6H3/q+1. The average molecular weight is 602 g/mol. The van der Waals surface area contributed by atoms with Crippen molar-refractivity contribution in [3.05, 3.63) is 70.8 Å². The van der Waals surface area contributed by atoms with Gasteiger partial charge in [0, 0.05) is 43.2 Å². The summed E-state index contributed by atoms with van der Waals surface area (Å²) in [6, 6.07) is 9.37. The molecule has 0 radical (unpaired) electrons. The number of benzene rings is 2. The Labute approximate surface area is 247 Å². The van der Waals surface area contributed by atoms with E-state index in [0.29, 0.717) is 0 Å². The molecule has 1 aliphatic rings. The lowest BCUT2D eigenvalue weighted by atomic mass is 10.3. The van der Waals surface area contributed by atoms with Crippen LogP contribution in [0.3, 0.4) is 0 Å². The minimum Gasteiger partial charge on any atom is -0.335 e. The number of nitrogens with zero attached hydrogens (tertiary/aromatic N) is 2. The van der Waals surface area contributed by atoms with Gasteiger partial charge in [0.2, 0.25) is 5.52 Å². The third-order valence-electron chi connectivity index (χ3n) is 6.03. The molecule has 194 valence electrons. The number of hydrogen-bond donors (Lipinski definition) is 0. The molecule has 0 fully saturated rings. The van der Waals surface area contributed by atoms with Gasteiger partial charge in [0.25, 0.3) is 5.01 Å². The smallest absolute Gasteiger partial charge is 0.262 e. The summed E-state index contributed by atoms with van der Waals surface area (Å²) in [7, 11) is 0. The Hall–Kier alpha value is -1.16. The van der Waals surface area contributed by atoms with Crippen molar-refractivity contribution in [3.8, 4) is 0 Å². The van der Waals surface area contributed by atoms with Crippen molar-refractivity contribution in [2.75, 3.05) is 36.5 Å². The number of fused-ring (bicyclic) bond motifs is 2. The summed E-state index contributed by atoms with van der Waals surface area (Å²) in [5.74, 6) is 0. The van der Waals surface area contributed by atoms with Gasteiger partial charge in [-0.1, -0.05) is 53.5 Å². The van der Waals surface area contributed by atoms with E-state index in [-0.39, 0.29) is 0 Å². The number of allylic oxidation sites excluding steroid dienone is 6. The molecule has 2 nitrogen and oxygen atoms in total. The molecule has 37 heavy (non-hydrogen) atoms. The fourth-order valence-corrected chi connectivity index (χ4v) is 9.67. The van der Waals surface area contributed by atoms with Crippen LogP contribution in [0.15, 0.2) is 90.2 Å². The number of rotatable bonds is 10. The van der Waals surface area contributed by atoms with Gasteiger partial charge in [-0.25, -0.2) is 0 Å². The van der Waals surface area contributed by atoms with Crippen molar-refractivity contribution in [1.82, 2.24) is 0 Å². The third-order valence-corrected chi connectivity index (χ3v) is 11.6. The molecule has 4 rings (SSSR count). The van der Waals surface area contributed by atoms with Gasteiger partial charge in [-0.2, -0.15) is 4.57 Å². The molecule has 0 atom stereocenters. The monoisotopic (exact) mass is 601 g/mol. The van der Waals surface area contributed by atoms with E-state index < -0.39 is 0 Å². The number of thioether (sulfide) groups is 5. The van der Waals surface area contributed by atoms with Crippen LogP contribution in [0, 0.1) is 0 Å². The molecule has 0 spiro atoms. The highest BCUT2D eigenvalue weighted by atomic mass is 32.2. The second-order valence-electron chi connectivity index (χ2n) is 8.01. The molecule has 0 amide bonds. The molecule has 8 heteroatoms. The first-order valence-electron chi connectivity index (χ1n) is 12.1. The maximum atomic E-state index is 2.41. The zero-order chi connectivity index (χ0) is 26.4. The predicted octanol–water partition coefficient (Wildman–Crippen LogP) is 9.70. The number of aromatic nitrogens is 1. The van der Waals surface area contributed by atoms with E-state index in [4.69, 9.17) is 0 Å². The molecule has 3 aromatic rings. The zero-order valence-electron chi connectivity index (χ0n) is 22.1. The lowest BCUT2D eigenvalue weighted by Crippen LogP contribution is -2.33. The van der Waals surface area contributed by atoms with E-state index >= 15 is 0 Å². The van der Waals surface area contributed by atoms with Gasteiger partial charge in [0.1, 0.15) is 11.2 Å². The molecule has 1 aromatic heterocycles. The molecule has 0 saturated carbocycles. The predicted molar refractivity (Wildman–Crippen MR) is 176 cm³/mol. The second-order valence-corrected chi connectivity index (χ2v) is 13.5. The quantitative estimate of drug-likeness (QED) is 0.129. The topological polar surface area (TPSA) is 7.12 Å². The van der Waals surface area contributed by atoms with Crippen molar-refractivity contribution in [1.29, 1.82) is 0 Å². The fourth-order valence-electron chi connectivity index (χ4n) is 4.23. The van der Waals surface area contributed by atoms with Crippen LogP contribution in [0.2, 0.25) is 0 Å². The van der Waals surface area contributed by atoms with Crippen molar-refractivity contribution in [2.45, 2.75) is 44.9 Å². The molecule has 0 N–H and O–H groups in total. The largest absolute Gasteiger partial charge is 0.335 e. The first-order chi connectivity index (χ1) is 18.1. The second kappa shape index (κ2) is 13.8. The van der Waals surface area contributed by atoms with E-state index in [1.165, 1.54) is 50.4 Å². The van der Waals surface area contributed by atoms with Crippen molar-refractivity contribution >= 4 is 92.1 Å². The van der Waals surface area contributed by atoms with Crippen LogP contribution in [0.1, 0.15) is 18.9 Å². The highest BCUT2D eigenvalue weighted by Crippen LogP contribution is 2.49. The van der Waals surface area contributed by atoms with Gasteiger partial charge in [-0.3, -0.25) is 0 Å². The maximum Gasteiger partial charge on any atom is 0.262 e. The van der Waals surface area contributed by atoms with Crippen LogP contribution < -0.4 is 9.47 Å². The normalized spacial score (nSPS) is 15.0. The van der Waals surface area contributed by atoms with Crippen molar-refractivity contribution in [3.63, 3.8) is 0 Å². The third kappa shape index (κ3) is 6.36. The molecule has 1 aliphatic heterocycles. The molecule has 0 bridgehead atoms. The number of anilines is 1. The summed E-state index contributed by atoms with van der Waals surface area (Å²) in [5.41, 5.74) is 2.66. The maximum absolute atomic E-state index is 2.41.